The van der Waals surface area contributed by atoms with Gasteiger partial charge in [-0.05, 0) is 24.4 Å². The molecular formula is C16H18N2S2. The fourth-order valence-corrected chi connectivity index (χ4v) is 4.02. The van der Waals surface area contributed by atoms with Gasteiger partial charge in [-0.15, -0.1) is 22.7 Å². The van der Waals surface area contributed by atoms with Gasteiger partial charge in [0.1, 0.15) is 0 Å². The van der Waals surface area contributed by atoms with E-state index in [9.17, 15) is 0 Å². The Morgan fingerprint density at radius 1 is 1.25 bits per heavy atom. The second-order valence-corrected chi connectivity index (χ2v) is 7.13. The van der Waals surface area contributed by atoms with Gasteiger partial charge in [0.05, 0.1) is 5.01 Å². The molecular weight excluding hydrogens is 284 g/mol. The van der Waals surface area contributed by atoms with E-state index in [2.05, 4.69) is 54.5 Å². The van der Waals surface area contributed by atoms with Crippen LogP contribution in [0.2, 0.25) is 0 Å². The summed E-state index contributed by atoms with van der Waals surface area (Å²) in [6.07, 6.45) is 1.88. The number of benzene rings is 1. The average Bonchev–Trinajstić information content (AvgIpc) is 3.12. The van der Waals surface area contributed by atoms with Crippen LogP contribution in [0.25, 0.3) is 10.1 Å². The molecule has 0 aliphatic carbocycles. The molecule has 0 aliphatic rings. The zero-order chi connectivity index (χ0) is 13.9. The summed E-state index contributed by atoms with van der Waals surface area (Å²) in [5.41, 5.74) is 0. The molecule has 4 heteroatoms. The lowest BCUT2D eigenvalue weighted by atomic mass is 10.1. The first-order chi connectivity index (χ1) is 9.74. The van der Waals surface area contributed by atoms with Crippen molar-refractivity contribution in [1.29, 1.82) is 0 Å². The van der Waals surface area contributed by atoms with Gasteiger partial charge < -0.3 is 5.32 Å². The maximum Gasteiger partial charge on any atom is 0.0965 e. The molecule has 0 saturated carbocycles. The van der Waals surface area contributed by atoms with Gasteiger partial charge in [0.15, 0.2) is 0 Å². The third kappa shape index (κ3) is 2.92. The van der Waals surface area contributed by atoms with Crippen LogP contribution < -0.4 is 5.32 Å². The Kier molecular flexibility index (Phi) is 4.15. The number of thiazole rings is 1. The number of nitrogens with zero attached hydrogens (tertiary/aromatic N) is 1. The number of hydrogen-bond acceptors (Lipinski definition) is 4. The lowest BCUT2D eigenvalue weighted by Gasteiger charge is -2.15. The van der Waals surface area contributed by atoms with E-state index in [1.165, 1.54) is 20.0 Å². The van der Waals surface area contributed by atoms with Crippen molar-refractivity contribution >= 4 is 32.8 Å². The van der Waals surface area contributed by atoms with Crippen molar-refractivity contribution in [1.82, 2.24) is 10.3 Å². The van der Waals surface area contributed by atoms with E-state index in [1.54, 1.807) is 11.3 Å². The molecule has 1 aromatic carbocycles. The van der Waals surface area contributed by atoms with Gasteiger partial charge in [-0.25, -0.2) is 4.98 Å². The van der Waals surface area contributed by atoms with Crippen molar-refractivity contribution in [3.8, 4) is 0 Å². The van der Waals surface area contributed by atoms with E-state index < -0.39 is 0 Å². The highest BCUT2D eigenvalue weighted by Gasteiger charge is 2.12. The van der Waals surface area contributed by atoms with E-state index in [4.69, 9.17) is 0 Å². The summed E-state index contributed by atoms with van der Waals surface area (Å²) in [6.45, 7) is 5.42. The molecule has 0 aliphatic heterocycles. The van der Waals surface area contributed by atoms with Gasteiger partial charge >= 0.3 is 0 Å². The van der Waals surface area contributed by atoms with Gasteiger partial charge in [-0.3, -0.25) is 0 Å². The highest BCUT2D eigenvalue weighted by molar-refractivity contribution is 7.19. The summed E-state index contributed by atoms with van der Waals surface area (Å²) < 4.78 is 1.36. The fraction of sp³-hybridized carbons (Fsp3) is 0.312. The minimum Gasteiger partial charge on any atom is -0.309 e. The Labute approximate surface area is 127 Å². The van der Waals surface area contributed by atoms with Crippen LogP contribution in [0.5, 0.6) is 0 Å². The molecule has 2 aromatic heterocycles. The van der Waals surface area contributed by atoms with Crippen LogP contribution in [0.3, 0.4) is 0 Å². The van der Waals surface area contributed by atoms with Crippen LogP contribution in [-0.2, 0) is 0 Å². The van der Waals surface area contributed by atoms with Gasteiger partial charge in [0, 0.05) is 39.7 Å². The number of nitrogens with one attached hydrogen (secondary N) is 1. The molecule has 2 heterocycles. The van der Waals surface area contributed by atoms with Crippen molar-refractivity contribution in [2.45, 2.75) is 25.8 Å². The number of aromatic nitrogens is 1. The number of hydrogen-bond donors (Lipinski definition) is 1. The molecule has 3 rings (SSSR count). The highest BCUT2D eigenvalue weighted by Crippen LogP contribution is 2.30. The van der Waals surface area contributed by atoms with Gasteiger partial charge in [-0.2, -0.15) is 0 Å². The molecule has 1 N–H and O–H groups in total. The van der Waals surface area contributed by atoms with Crippen molar-refractivity contribution in [3.63, 3.8) is 0 Å². The van der Waals surface area contributed by atoms with E-state index in [-0.39, 0.29) is 0 Å². The molecule has 0 spiro atoms. The van der Waals surface area contributed by atoms with Gasteiger partial charge in [0.2, 0.25) is 0 Å². The second kappa shape index (κ2) is 6.04. The third-order valence-corrected chi connectivity index (χ3v) is 5.78. The second-order valence-electron chi connectivity index (χ2n) is 5.09. The SMILES string of the molecule is CC(CNC(C)c1cc2ccccc2s1)c1nccs1. The summed E-state index contributed by atoms with van der Waals surface area (Å²) in [7, 11) is 0. The van der Waals surface area contributed by atoms with Crippen molar-refractivity contribution in [2.75, 3.05) is 6.54 Å². The van der Waals surface area contributed by atoms with Crippen LogP contribution in [0.4, 0.5) is 0 Å². The van der Waals surface area contributed by atoms with E-state index >= 15 is 0 Å². The number of thiophene rings is 1. The summed E-state index contributed by atoms with van der Waals surface area (Å²) in [6, 6.07) is 11.3. The van der Waals surface area contributed by atoms with Crippen molar-refractivity contribution in [3.05, 3.63) is 51.8 Å². The van der Waals surface area contributed by atoms with Gasteiger partial charge in [-0.1, -0.05) is 25.1 Å². The zero-order valence-electron chi connectivity index (χ0n) is 11.7. The molecule has 104 valence electrons. The quantitative estimate of drug-likeness (QED) is 0.731. The van der Waals surface area contributed by atoms with Crippen LogP contribution in [0.1, 0.15) is 35.7 Å². The Morgan fingerprint density at radius 3 is 2.85 bits per heavy atom. The largest absolute Gasteiger partial charge is 0.309 e. The Bertz CT molecular complexity index is 640. The summed E-state index contributed by atoms with van der Waals surface area (Å²) in [4.78, 5) is 5.78. The molecule has 20 heavy (non-hydrogen) atoms. The average molecular weight is 302 g/mol. The van der Waals surface area contributed by atoms with Crippen LogP contribution in [-0.4, -0.2) is 11.5 Å². The van der Waals surface area contributed by atoms with E-state index in [0.717, 1.165) is 6.54 Å². The Morgan fingerprint density at radius 2 is 2.10 bits per heavy atom. The monoisotopic (exact) mass is 302 g/mol. The van der Waals surface area contributed by atoms with Crippen LogP contribution in [0.15, 0.2) is 41.9 Å². The molecule has 3 aromatic rings. The lowest BCUT2D eigenvalue weighted by Crippen LogP contribution is -2.22. The predicted octanol–water partition coefficient (Wildman–Crippen LogP) is 4.81. The summed E-state index contributed by atoms with van der Waals surface area (Å²) in [5, 5.41) is 8.22. The topological polar surface area (TPSA) is 24.9 Å². The first-order valence-corrected chi connectivity index (χ1v) is 8.55. The molecule has 2 atom stereocenters. The Hall–Kier alpha value is -1.23. The standard InChI is InChI=1S/C16H18N2S2/c1-11(16-17-7-8-19-16)10-18-12(2)15-9-13-5-3-4-6-14(13)20-15/h3-9,11-12,18H,10H2,1-2H3. The van der Waals surface area contributed by atoms with Crippen LogP contribution in [0, 0.1) is 0 Å². The van der Waals surface area contributed by atoms with Crippen molar-refractivity contribution in [2.24, 2.45) is 0 Å². The third-order valence-electron chi connectivity index (χ3n) is 3.47. The molecule has 0 amide bonds. The molecule has 2 unspecified atom stereocenters. The molecule has 0 fully saturated rings. The Balaban J connectivity index is 1.65. The zero-order valence-corrected chi connectivity index (χ0v) is 13.3. The minimum atomic E-state index is 0.384. The molecule has 0 radical (unpaired) electrons. The van der Waals surface area contributed by atoms with Gasteiger partial charge in [0.25, 0.3) is 0 Å². The minimum absolute atomic E-state index is 0.384. The van der Waals surface area contributed by atoms with Crippen molar-refractivity contribution < 1.29 is 0 Å². The first kappa shape index (κ1) is 13.7. The van der Waals surface area contributed by atoms with Crippen LogP contribution >= 0.6 is 22.7 Å². The maximum absolute atomic E-state index is 4.38. The van der Waals surface area contributed by atoms with E-state index in [0.29, 0.717) is 12.0 Å². The smallest absolute Gasteiger partial charge is 0.0965 e. The highest BCUT2D eigenvalue weighted by atomic mass is 32.1. The molecule has 0 saturated heterocycles. The normalized spacial score (nSPS) is 14.5. The first-order valence-electron chi connectivity index (χ1n) is 6.85. The summed E-state index contributed by atoms with van der Waals surface area (Å²) in [5.74, 6) is 0.465. The molecule has 2 nitrogen and oxygen atoms in total. The fourth-order valence-electron chi connectivity index (χ4n) is 2.24. The maximum atomic E-state index is 4.38. The summed E-state index contributed by atoms with van der Waals surface area (Å²) >= 11 is 3.61. The lowest BCUT2D eigenvalue weighted by molar-refractivity contribution is 0.542. The van der Waals surface area contributed by atoms with E-state index in [1.807, 2.05) is 22.9 Å². The number of fused-ring (bicyclic) bond motifs is 1. The predicted molar refractivity (Wildman–Crippen MR) is 88.8 cm³/mol. The number of rotatable bonds is 5. The molecule has 0 bridgehead atoms.